The summed E-state index contributed by atoms with van der Waals surface area (Å²) in [4.78, 5) is 17.0. The number of amides is 1. The molecule has 1 aliphatic heterocycles. The number of sulfonamides is 1. The Bertz CT molecular complexity index is 1130. The lowest BCUT2D eigenvalue weighted by atomic mass is 10.1. The van der Waals surface area contributed by atoms with Crippen molar-refractivity contribution >= 4 is 15.9 Å². The minimum absolute atomic E-state index is 0.126. The molecule has 1 amide bonds. The second-order valence-electron chi connectivity index (χ2n) is 7.33. The van der Waals surface area contributed by atoms with Crippen LogP contribution in [0.5, 0.6) is 0 Å². The van der Waals surface area contributed by atoms with Gasteiger partial charge in [-0.15, -0.1) is 0 Å². The molecule has 1 aromatic carbocycles. The van der Waals surface area contributed by atoms with E-state index in [-0.39, 0.29) is 36.4 Å². The van der Waals surface area contributed by atoms with Crippen molar-refractivity contribution in [3.8, 4) is 0 Å². The van der Waals surface area contributed by atoms with E-state index < -0.39 is 10.0 Å². The topological polar surface area (TPSA) is 97.2 Å². The molecule has 0 bridgehead atoms. The zero-order valence-electron chi connectivity index (χ0n) is 16.6. The van der Waals surface area contributed by atoms with Crippen molar-refractivity contribution in [2.24, 2.45) is 0 Å². The number of carbonyl (C=O) groups is 1. The van der Waals surface area contributed by atoms with Gasteiger partial charge in [-0.1, -0.05) is 23.8 Å². The van der Waals surface area contributed by atoms with Gasteiger partial charge in [0.1, 0.15) is 0 Å². The molecular weight excluding hydrogens is 402 g/mol. The first-order valence-corrected chi connectivity index (χ1v) is 11.1. The minimum Gasteiger partial charge on any atom is -0.350 e. The van der Waals surface area contributed by atoms with E-state index in [9.17, 15) is 13.2 Å². The molecule has 0 saturated heterocycles. The molecule has 9 heteroatoms. The smallest absolute Gasteiger partial charge is 0.243 e. The molecule has 0 unspecified atom stereocenters. The molecule has 0 saturated carbocycles. The van der Waals surface area contributed by atoms with E-state index in [1.807, 2.05) is 25.1 Å². The van der Waals surface area contributed by atoms with Crippen LogP contribution in [0.1, 0.15) is 29.4 Å². The number of aromatic nitrogens is 3. The maximum atomic E-state index is 13.2. The van der Waals surface area contributed by atoms with Crippen LogP contribution in [-0.4, -0.2) is 39.9 Å². The van der Waals surface area contributed by atoms with Gasteiger partial charge in [0.2, 0.25) is 15.9 Å². The molecular formula is C21H23N5O3S. The van der Waals surface area contributed by atoms with Crippen molar-refractivity contribution in [2.45, 2.75) is 37.4 Å². The van der Waals surface area contributed by atoms with Gasteiger partial charge in [-0.3, -0.25) is 14.5 Å². The second-order valence-corrected chi connectivity index (χ2v) is 9.27. The zero-order chi connectivity index (χ0) is 21.1. The predicted octanol–water partition coefficient (Wildman–Crippen LogP) is 2.04. The van der Waals surface area contributed by atoms with E-state index in [2.05, 4.69) is 15.4 Å². The number of rotatable bonds is 6. The van der Waals surface area contributed by atoms with Crippen molar-refractivity contribution in [1.82, 2.24) is 24.4 Å². The van der Waals surface area contributed by atoms with E-state index in [0.29, 0.717) is 6.54 Å². The van der Waals surface area contributed by atoms with Crippen molar-refractivity contribution < 1.29 is 13.2 Å². The van der Waals surface area contributed by atoms with Crippen LogP contribution in [0, 0.1) is 6.92 Å². The van der Waals surface area contributed by atoms with Crippen LogP contribution in [-0.2, 0) is 27.9 Å². The van der Waals surface area contributed by atoms with Crippen LogP contribution in [0.15, 0.2) is 65.8 Å². The number of nitrogens with one attached hydrogen (secondary N) is 1. The number of nitrogens with zero attached hydrogens (tertiary/aromatic N) is 4. The number of carbonyl (C=O) groups excluding carboxylic acids is 1. The lowest BCUT2D eigenvalue weighted by Gasteiger charge is -2.33. The van der Waals surface area contributed by atoms with E-state index in [1.165, 1.54) is 4.31 Å². The van der Waals surface area contributed by atoms with Crippen molar-refractivity contribution in [2.75, 3.05) is 6.54 Å². The first kappa shape index (κ1) is 20.2. The fourth-order valence-electron chi connectivity index (χ4n) is 3.52. The van der Waals surface area contributed by atoms with Crippen LogP contribution < -0.4 is 5.32 Å². The zero-order valence-corrected chi connectivity index (χ0v) is 17.4. The normalized spacial score (nSPS) is 16.8. The average molecular weight is 426 g/mol. The lowest BCUT2D eigenvalue weighted by Crippen LogP contribution is -2.42. The molecule has 1 atom stereocenters. The molecule has 0 radical (unpaired) electrons. The number of benzene rings is 1. The Labute approximate surface area is 175 Å². The first-order chi connectivity index (χ1) is 14.4. The van der Waals surface area contributed by atoms with Gasteiger partial charge in [0.15, 0.2) is 0 Å². The molecule has 3 aromatic rings. The van der Waals surface area contributed by atoms with Gasteiger partial charge < -0.3 is 5.32 Å². The van der Waals surface area contributed by atoms with E-state index in [0.717, 1.165) is 17.0 Å². The Morgan fingerprint density at radius 1 is 1.13 bits per heavy atom. The summed E-state index contributed by atoms with van der Waals surface area (Å²) < 4.78 is 29.5. The maximum absolute atomic E-state index is 13.2. The Morgan fingerprint density at radius 2 is 1.93 bits per heavy atom. The van der Waals surface area contributed by atoms with Crippen LogP contribution in [0.2, 0.25) is 0 Å². The highest BCUT2D eigenvalue weighted by Gasteiger charge is 2.34. The molecule has 1 N–H and O–H groups in total. The molecule has 1 aliphatic rings. The SMILES string of the molecule is Cc1ccc(S(=O)(=O)N2Cc3ccnn3[C@H](CC(=O)NCc3ccccn3)C2)cc1. The summed E-state index contributed by atoms with van der Waals surface area (Å²) >= 11 is 0. The highest BCUT2D eigenvalue weighted by Crippen LogP contribution is 2.28. The molecule has 156 valence electrons. The molecule has 8 nitrogen and oxygen atoms in total. The fourth-order valence-corrected chi connectivity index (χ4v) is 4.97. The third-order valence-electron chi connectivity index (χ3n) is 5.12. The Balaban J connectivity index is 1.49. The Hall–Kier alpha value is -3.04. The number of fused-ring (bicyclic) bond motifs is 1. The van der Waals surface area contributed by atoms with Crippen LogP contribution in [0.4, 0.5) is 0 Å². The van der Waals surface area contributed by atoms with Crippen LogP contribution in [0.3, 0.4) is 0 Å². The molecule has 30 heavy (non-hydrogen) atoms. The summed E-state index contributed by atoms with van der Waals surface area (Å²) in [5, 5.41) is 7.16. The highest BCUT2D eigenvalue weighted by molar-refractivity contribution is 7.89. The largest absolute Gasteiger partial charge is 0.350 e. The minimum atomic E-state index is -3.67. The number of hydrogen-bond acceptors (Lipinski definition) is 5. The Morgan fingerprint density at radius 3 is 2.67 bits per heavy atom. The molecule has 0 aliphatic carbocycles. The monoisotopic (exact) mass is 425 g/mol. The van der Waals surface area contributed by atoms with E-state index in [4.69, 9.17) is 0 Å². The van der Waals surface area contributed by atoms with Gasteiger partial charge in [-0.25, -0.2) is 8.42 Å². The van der Waals surface area contributed by atoms with Crippen molar-refractivity contribution in [3.05, 3.63) is 77.9 Å². The van der Waals surface area contributed by atoms with Crippen LogP contribution in [0.25, 0.3) is 0 Å². The van der Waals surface area contributed by atoms with Gasteiger partial charge in [-0.05, 0) is 37.3 Å². The van der Waals surface area contributed by atoms with Gasteiger partial charge in [0.25, 0.3) is 0 Å². The van der Waals surface area contributed by atoms with Gasteiger partial charge in [0, 0.05) is 18.9 Å². The van der Waals surface area contributed by atoms with E-state index in [1.54, 1.807) is 47.4 Å². The maximum Gasteiger partial charge on any atom is 0.243 e. The first-order valence-electron chi connectivity index (χ1n) is 9.69. The third-order valence-corrected chi connectivity index (χ3v) is 6.95. The van der Waals surface area contributed by atoms with Gasteiger partial charge >= 0.3 is 0 Å². The standard InChI is InChI=1S/C21H23N5O3S/c1-16-5-7-20(8-6-16)30(28,29)25-14-18-9-11-24-26(18)19(15-25)12-21(27)23-13-17-4-2-3-10-22-17/h2-11,19H,12-15H2,1H3,(H,23,27)/t19-/m1/s1. The Kier molecular flexibility index (Phi) is 5.65. The summed E-state index contributed by atoms with van der Waals surface area (Å²) in [6, 6.07) is 13.7. The molecule has 0 fully saturated rings. The van der Waals surface area contributed by atoms with Gasteiger partial charge in [-0.2, -0.15) is 9.40 Å². The molecule has 0 spiro atoms. The quantitative estimate of drug-likeness (QED) is 0.652. The summed E-state index contributed by atoms with van der Waals surface area (Å²) in [7, 11) is -3.67. The van der Waals surface area contributed by atoms with E-state index >= 15 is 0 Å². The van der Waals surface area contributed by atoms with Crippen LogP contribution >= 0.6 is 0 Å². The molecule has 2 aromatic heterocycles. The predicted molar refractivity (Wildman–Crippen MR) is 111 cm³/mol. The average Bonchev–Trinajstić information content (AvgIpc) is 3.22. The third kappa shape index (κ3) is 4.27. The van der Waals surface area contributed by atoms with Crippen molar-refractivity contribution in [1.29, 1.82) is 0 Å². The summed E-state index contributed by atoms with van der Waals surface area (Å²) in [5.41, 5.74) is 2.52. The number of hydrogen-bond donors (Lipinski definition) is 1. The summed E-state index contributed by atoms with van der Waals surface area (Å²) in [6.45, 7) is 2.64. The second kappa shape index (κ2) is 8.37. The lowest BCUT2D eigenvalue weighted by molar-refractivity contribution is -0.122. The fraction of sp³-hybridized carbons (Fsp3) is 0.286. The summed E-state index contributed by atoms with van der Waals surface area (Å²) in [6.07, 6.45) is 3.43. The van der Waals surface area contributed by atoms with Crippen molar-refractivity contribution in [3.63, 3.8) is 0 Å². The van der Waals surface area contributed by atoms with Gasteiger partial charge in [0.05, 0.1) is 41.8 Å². The summed E-state index contributed by atoms with van der Waals surface area (Å²) in [5.74, 6) is -0.179. The molecule has 3 heterocycles. The highest BCUT2D eigenvalue weighted by atomic mass is 32.2. The molecule has 4 rings (SSSR count). The number of aryl methyl sites for hydroxylation is 1. The number of pyridine rings is 1.